The van der Waals surface area contributed by atoms with Crippen LogP contribution in [0.2, 0.25) is 0 Å². The fraction of sp³-hybridized carbons (Fsp3) is 0.250. The topological polar surface area (TPSA) is 40.5 Å². The first-order chi connectivity index (χ1) is 7.59. The zero-order chi connectivity index (χ0) is 11.7. The fourth-order valence-corrected chi connectivity index (χ4v) is 2.77. The molecule has 1 aromatic carbocycles. The summed E-state index contributed by atoms with van der Waals surface area (Å²) in [4.78, 5) is 14.5. The van der Waals surface area contributed by atoms with E-state index in [0.717, 1.165) is 4.70 Å². The molecule has 0 amide bonds. The summed E-state index contributed by atoms with van der Waals surface area (Å²) in [6.07, 6.45) is 0. The maximum absolute atomic E-state index is 11.9. The Labute approximate surface area is 97.6 Å². The van der Waals surface area contributed by atoms with E-state index in [1.165, 1.54) is 11.3 Å². The highest BCUT2D eigenvalue weighted by Gasteiger charge is 2.11. The summed E-state index contributed by atoms with van der Waals surface area (Å²) in [5, 5.41) is 10.4. The van der Waals surface area contributed by atoms with Crippen LogP contribution in [-0.2, 0) is 6.54 Å². The molecule has 1 aromatic heterocycles. The Hall–Kier alpha value is -1.39. The molecule has 0 saturated heterocycles. The average molecular weight is 235 g/mol. The highest BCUT2D eigenvalue weighted by Crippen LogP contribution is 2.26. The van der Waals surface area contributed by atoms with Crippen LogP contribution in [0.5, 0.6) is 5.75 Å². The molecule has 4 heteroatoms. The number of hydrogen-bond acceptors (Lipinski definition) is 4. The summed E-state index contributed by atoms with van der Waals surface area (Å²) < 4.78 is 0.919. The van der Waals surface area contributed by atoms with Gasteiger partial charge in [0.25, 0.3) is 0 Å². The largest absolute Gasteiger partial charge is 0.503 e. The number of nitrogens with zero attached hydrogens (tertiary/aromatic N) is 1. The highest BCUT2D eigenvalue weighted by molar-refractivity contribution is 7.18. The van der Waals surface area contributed by atoms with Gasteiger partial charge < -0.3 is 10.0 Å². The second-order valence-electron chi connectivity index (χ2n) is 3.94. The highest BCUT2D eigenvalue weighted by atomic mass is 32.1. The minimum atomic E-state index is -0.272. The van der Waals surface area contributed by atoms with E-state index in [1.54, 1.807) is 6.07 Å². The van der Waals surface area contributed by atoms with Crippen LogP contribution >= 0.6 is 11.3 Å². The molecule has 0 aliphatic rings. The van der Waals surface area contributed by atoms with Crippen LogP contribution in [0.1, 0.15) is 4.88 Å². The summed E-state index contributed by atoms with van der Waals surface area (Å²) >= 11 is 1.46. The Morgan fingerprint density at radius 2 is 2.00 bits per heavy atom. The van der Waals surface area contributed by atoms with Gasteiger partial charge in [0.15, 0.2) is 5.75 Å². The van der Waals surface area contributed by atoms with Crippen molar-refractivity contribution in [2.45, 2.75) is 6.54 Å². The first-order valence-electron chi connectivity index (χ1n) is 4.98. The van der Waals surface area contributed by atoms with Gasteiger partial charge in [0, 0.05) is 16.6 Å². The number of aromatic hydroxyl groups is 1. The molecule has 0 fully saturated rings. The van der Waals surface area contributed by atoms with E-state index >= 15 is 0 Å². The molecule has 3 nitrogen and oxygen atoms in total. The van der Waals surface area contributed by atoms with Gasteiger partial charge in [-0.2, -0.15) is 0 Å². The molecule has 0 atom stereocenters. The molecule has 1 heterocycles. The third kappa shape index (κ3) is 1.94. The van der Waals surface area contributed by atoms with Gasteiger partial charge in [0.2, 0.25) is 5.43 Å². The number of benzene rings is 1. The van der Waals surface area contributed by atoms with Crippen molar-refractivity contribution in [3.63, 3.8) is 0 Å². The second kappa shape index (κ2) is 4.23. The lowest BCUT2D eigenvalue weighted by molar-refractivity contribution is 0.390. The van der Waals surface area contributed by atoms with E-state index in [9.17, 15) is 9.90 Å². The van der Waals surface area contributed by atoms with E-state index < -0.39 is 0 Å². The molecule has 0 spiro atoms. The smallest absolute Gasteiger partial charge is 0.229 e. The summed E-state index contributed by atoms with van der Waals surface area (Å²) in [7, 11) is 3.82. The predicted octanol–water partition coefficient (Wildman–Crippen LogP) is 2.03. The minimum absolute atomic E-state index is 0.114. The lowest BCUT2D eigenvalue weighted by Gasteiger charge is -2.10. The zero-order valence-corrected chi connectivity index (χ0v) is 10.0. The Morgan fingerprint density at radius 3 is 2.69 bits per heavy atom. The van der Waals surface area contributed by atoms with Gasteiger partial charge >= 0.3 is 0 Å². The van der Waals surface area contributed by atoms with Gasteiger partial charge in [-0.3, -0.25) is 4.79 Å². The van der Waals surface area contributed by atoms with Gasteiger partial charge in [-0.15, -0.1) is 11.3 Å². The van der Waals surface area contributed by atoms with Crippen molar-refractivity contribution in [3.05, 3.63) is 39.4 Å². The van der Waals surface area contributed by atoms with Crippen molar-refractivity contribution in [2.75, 3.05) is 14.1 Å². The summed E-state index contributed by atoms with van der Waals surface area (Å²) in [6, 6.07) is 7.35. The van der Waals surface area contributed by atoms with Crippen molar-refractivity contribution in [1.82, 2.24) is 4.90 Å². The molecule has 0 unspecified atom stereocenters. The van der Waals surface area contributed by atoms with Crippen LogP contribution < -0.4 is 5.43 Å². The molecule has 0 radical (unpaired) electrons. The van der Waals surface area contributed by atoms with Crippen LogP contribution in [0.3, 0.4) is 0 Å². The maximum atomic E-state index is 11.9. The van der Waals surface area contributed by atoms with Crippen LogP contribution in [0.4, 0.5) is 0 Å². The van der Waals surface area contributed by atoms with Gasteiger partial charge in [-0.1, -0.05) is 12.1 Å². The minimum Gasteiger partial charge on any atom is -0.503 e. The molecule has 2 aromatic rings. The first-order valence-corrected chi connectivity index (χ1v) is 5.79. The Kier molecular flexibility index (Phi) is 2.94. The first kappa shape index (κ1) is 11.1. The number of rotatable bonds is 2. The molecule has 16 heavy (non-hydrogen) atoms. The quantitative estimate of drug-likeness (QED) is 0.865. The van der Waals surface area contributed by atoms with Crippen LogP contribution in [0.15, 0.2) is 29.1 Å². The van der Waals surface area contributed by atoms with Crippen LogP contribution in [0.25, 0.3) is 10.1 Å². The molecule has 0 aliphatic carbocycles. The molecular weight excluding hydrogens is 222 g/mol. The van der Waals surface area contributed by atoms with E-state index in [1.807, 2.05) is 37.2 Å². The maximum Gasteiger partial charge on any atom is 0.229 e. The van der Waals surface area contributed by atoms with E-state index in [4.69, 9.17) is 0 Å². The monoisotopic (exact) mass is 235 g/mol. The van der Waals surface area contributed by atoms with Gasteiger partial charge in [-0.05, 0) is 26.2 Å². The molecule has 1 N–H and O–H groups in total. The Balaban J connectivity index is 2.69. The van der Waals surface area contributed by atoms with Crippen molar-refractivity contribution in [3.8, 4) is 5.75 Å². The van der Waals surface area contributed by atoms with Gasteiger partial charge in [0.1, 0.15) is 0 Å². The number of fused-ring (bicyclic) bond motifs is 1. The van der Waals surface area contributed by atoms with Crippen LogP contribution in [-0.4, -0.2) is 24.1 Å². The zero-order valence-electron chi connectivity index (χ0n) is 9.23. The van der Waals surface area contributed by atoms with Crippen molar-refractivity contribution < 1.29 is 5.11 Å². The number of hydrogen-bond donors (Lipinski definition) is 1. The lowest BCUT2D eigenvalue weighted by Crippen LogP contribution is -2.12. The molecule has 0 saturated carbocycles. The van der Waals surface area contributed by atoms with Gasteiger partial charge in [0.05, 0.1) is 4.88 Å². The summed E-state index contributed by atoms with van der Waals surface area (Å²) in [5.41, 5.74) is -0.272. The Bertz CT molecular complexity index is 575. The third-order valence-corrected chi connectivity index (χ3v) is 3.45. The van der Waals surface area contributed by atoms with Crippen molar-refractivity contribution >= 4 is 21.4 Å². The molecule has 0 bridgehead atoms. The second-order valence-corrected chi connectivity index (χ2v) is 5.07. The average Bonchev–Trinajstić information content (AvgIpc) is 2.25. The van der Waals surface area contributed by atoms with E-state index in [2.05, 4.69) is 0 Å². The van der Waals surface area contributed by atoms with Crippen molar-refractivity contribution in [2.24, 2.45) is 0 Å². The van der Waals surface area contributed by atoms with Gasteiger partial charge in [-0.25, -0.2) is 0 Å². The standard InChI is InChI=1S/C12H13NO2S/c1-13(2)7-10-12(15)11(14)8-5-3-4-6-9(8)16-10/h3-6,15H,7H2,1-2H3. The predicted molar refractivity (Wildman–Crippen MR) is 67.2 cm³/mol. The lowest BCUT2D eigenvalue weighted by atomic mass is 10.2. The molecule has 84 valence electrons. The summed E-state index contributed by atoms with van der Waals surface area (Å²) in [5.74, 6) is -0.114. The molecule has 2 rings (SSSR count). The van der Waals surface area contributed by atoms with Crippen LogP contribution in [0, 0.1) is 0 Å². The SMILES string of the molecule is CN(C)Cc1sc2ccccc2c(=O)c1O. The summed E-state index contributed by atoms with van der Waals surface area (Å²) in [6.45, 7) is 0.580. The fourth-order valence-electron chi connectivity index (χ4n) is 1.57. The third-order valence-electron chi connectivity index (χ3n) is 2.30. The van der Waals surface area contributed by atoms with Crippen molar-refractivity contribution in [1.29, 1.82) is 0 Å². The molecule has 0 aliphatic heterocycles. The normalized spacial score (nSPS) is 11.2. The molecular formula is C12H13NO2S. The Morgan fingerprint density at radius 1 is 1.31 bits per heavy atom. The van der Waals surface area contributed by atoms with E-state index in [-0.39, 0.29) is 11.2 Å². The van der Waals surface area contributed by atoms with E-state index in [0.29, 0.717) is 16.8 Å².